The maximum atomic E-state index is 13.4. The first-order valence-electron chi connectivity index (χ1n) is 5.41. The summed E-state index contributed by atoms with van der Waals surface area (Å²) in [6.07, 6.45) is 0.116. The fraction of sp³-hybridized carbons (Fsp3) is 0.167. The van der Waals surface area contributed by atoms with Crippen LogP contribution >= 0.6 is 27.3 Å². The average molecular weight is 344 g/mol. The molecule has 0 saturated carbocycles. The van der Waals surface area contributed by atoms with Gasteiger partial charge in [-0.2, -0.15) is 0 Å². The normalized spacial score (nSPS) is 10.5. The van der Waals surface area contributed by atoms with Crippen molar-refractivity contribution in [2.45, 2.75) is 13.3 Å². The van der Waals surface area contributed by atoms with Crippen LogP contribution in [0.3, 0.4) is 0 Å². The number of thiazole rings is 1. The van der Waals surface area contributed by atoms with Gasteiger partial charge in [0.15, 0.2) is 5.13 Å². The van der Waals surface area contributed by atoms with Crippen LogP contribution in [0.4, 0.5) is 15.2 Å². The molecule has 0 aliphatic heterocycles. The molecule has 0 fully saturated rings. The summed E-state index contributed by atoms with van der Waals surface area (Å²) in [5, 5.41) is 4.81. The number of aromatic nitrogens is 1. The van der Waals surface area contributed by atoms with Gasteiger partial charge in [0.1, 0.15) is 5.82 Å². The maximum Gasteiger partial charge on any atom is 0.230 e. The summed E-state index contributed by atoms with van der Waals surface area (Å²) in [5.41, 5.74) is 7.33. The van der Waals surface area contributed by atoms with Crippen molar-refractivity contribution in [3.8, 4) is 0 Å². The second-order valence-electron chi connectivity index (χ2n) is 3.98. The number of nitrogens with one attached hydrogen (secondary N) is 1. The van der Waals surface area contributed by atoms with Gasteiger partial charge in [0.2, 0.25) is 5.91 Å². The Bertz CT molecular complexity index is 629. The van der Waals surface area contributed by atoms with Gasteiger partial charge in [0.25, 0.3) is 0 Å². The highest BCUT2D eigenvalue weighted by Crippen LogP contribution is 2.24. The van der Waals surface area contributed by atoms with E-state index in [0.717, 1.165) is 5.56 Å². The van der Waals surface area contributed by atoms with E-state index in [1.54, 1.807) is 18.4 Å². The lowest BCUT2D eigenvalue weighted by Crippen LogP contribution is -2.15. The van der Waals surface area contributed by atoms with E-state index >= 15 is 0 Å². The van der Waals surface area contributed by atoms with Crippen LogP contribution in [-0.2, 0) is 11.2 Å². The molecule has 1 heterocycles. The number of hydrogen-bond donors (Lipinski definition) is 2. The predicted octanol–water partition coefficient (Wildman–Crippen LogP) is 3.12. The third kappa shape index (κ3) is 3.51. The molecule has 2 rings (SSSR count). The van der Waals surface area contributed by atoms with Gasteiger partial charge in [0, 0.05) is 11.1 Å². The number of benzene rings is 1. The number of nitrogens with zero attached hydrogens (tertiary/aromatic N) is 1. The minimum absolute atomic E-state index is 0.116. The number of halogens is 2. The standard InChI is InChI=1S/C12H11BrFN3OS/c1-6-2-8(13)9(14)4-10(6)17-11(18)3-7-5-19-12(15)16-7/h2,4-5H,3H2,1H3,(H2,15,16)(H,17,18). The fourth-order valence-electron chi connectivity index (χ4n) is 1.54. The van der Waals surface area contributed by atoms with Gasteiger partial charge in [-0.1, -0.05) is 0 Å². The van der Waals surface area contributed by atoms with Gasteiger partial charge in [0.05, 0.1) is 16.6 Å². The summed E-state index contributed by atoms with van der Waals surface area (Å²) < 4.78 is 13.8. The van der Waals surface area contributed by atoms with Crippen molar-refractivity contribution in [1.82, 2.24) is 4.98 Å². The van der Waals surface area contributed by atoms with Crippen LogP contribution in [0.25, 0.3) is 0 Å². The lowest BCUT2D eigenvalue weighted by molar-refractivity contribution is -0.115. The lowest BCUT2D eigenvalue weighted by atomic mass is 10.2. The minimum Gasteiger partial charge on any atom is -0.375 e. The first-order valence-corrected chi connectivity index (χ1v) is 7.08. The topological polar surface area (TPSA) is 68.0 Å². The molecule has 0 atom stereocenters. The van der Waals surface area contributed by atoms with E-state index in [2.05, 4.69) is 26.2 Å². The molecule has 7 heteroatoms. The van der Waals surface area contributed by atoms with E-state index in [4.69, 9.17) is 5.73 Å². The van der Waals surface area contributed by atoms with Gasteiger partial charge < -0.3 is 11.1 Å². The summed E-state index contributed by atoms with van der Waals surface area (Å²) >= 11 is 4.37. The van der Waals surface area contributed by atoms with Crippen LogP contribution < -0.4 is 11.1 Å². The van der Waals surface area contributed by atoms with Gasteiger partial charge in [-0.3, -0.25) is 4.79 Å². The highest BCUT2D eigenvalue weighted by molar-refractivity contribution is 9.10. The van der Waals surface area contributed by atoms with E-state index in [9.17, 15) is 9.18 Å². The minimum atomic E-state index is -0.418. The molecule has 0 bridgehead atoms. The Kier molecular flexibility index (Phi) is 4.16. The molecule has 1 aromatic heterocycles. The van der Waals surface area contributed by atoms with Crippen LogP contribution in [0.15, 0.2) is 22.0 Å². The van der Waals surface area contributed by atoms with Crippen molar-refractivity contribution in [2.75, 3.05) is 11.1 Å². The molecule has 2 aromatic rings. The number of nitrogens with two attached hydrogens (primary N) is 1. The first kappa shape index (κ1) is 14.0. The Morgan fingerprint density at radius 2 is 2.32 bits per heavy atom. The van der Waals surface area contributed by atoms with Crippen molar-refractivity contribution >= 4 is 44.0 Å². The molecule has 0 spiro atoms. The summed E-state index contributed by atoms with van der Waals surface area (Å²) in [7, 11) is 0. The van der Waals surface area contributed by atoms with Crippen LogP contribution in [-0.4, -0.2) is 10.9 Å². The molecule has 0 saturated heterocycles. The van der Waals surface area contributed by atoms with Gasteiger partial charge >= 0.3 is 0 Å². The van der Waals surface area contributed by atoms with Gasteiger partial charge in [-0.25, -0.2) is 9.37 Å². The van der Waals surface area contributed by atoms with Crippen molar-refractivity contribution < 1.29 is 9.18 Å². The average Bonchev–Trinajstić information content (AvgIpc) is 2.71. The third-order valence-electron chi connectivity index (χ3n) is 2.45. The quantitative estimate of drug-likeness (QED) is 0.899. The molecule has 1 amide bonds. The largest absolute Gasteiger partial charge is 0.375 e. The van der Waals surface area contributed by atoms with Crippen molar-refractivity contribution in [3.63, 3.8) is 0 Å². The molecule has 19 heavy (non-hydrogen) atoms. The molecule has 1 aromatic carbocycles. The fourth-order valence-corrected chi connectivity index (χ4v) is 2.56. The number of nitrogen functional groups attached to an aromatic ring is 1. The molecule has 0 aliphatic carbocycles. The molecular weight excluding hydrogens is 333 g/mol. The van der Waals surface area contributed by atoms with E-state index in [1.807, 2.05) is 0 Å². The third-order valence-corrected chi connectivity index (χ3v) is 3.78. The molecule has 100 valence electrons. The molecule has 4 nitrogen and oxygen atoms in total. The number of amides is 1. The van der Waals surface area contributed by atoms with E-state index < -0.39 is 5.82 Å². The summed E-state index contributed by atoms with van der Waals surface area (Å²) in [6.45, 7) is 1.79. The Labute approximate surface area is 122 Å². The van der Waals surface area contributed by atoms with Gasteiger partial charge in [-0.05, 0) is 40.5 Å². The summed E-state index contributed by atoms with van der Waals surface area (Å²) in [4.78, 5) is 15.8. The first-order chi connectivity index (χ1) is 8.95. The molecule has 3 N–H and O–H groups in total. The van der Waals surface area contributed by atoms with Crippen LogP contribution in [0.2, 0.25) is 0 Å². The molecule has 0 aliphatic rings. The number of carbonyl (C=O) groups excluding carboxylic acids is 1. The summed E-state index contributed by atoms with van der Waals surface area (Å²) in [6, 6.07) is 2.90. The Hall–Kier alpha value is -1.47. The smallest absolute Gasteiger partial charge is 0.230 e. The maximum absolute atomic E-state index is 13.4. The Balaban J connectivity index is 2.09. The van der Waals surface area contributed by atoms with Crippen molar-refractivity contribution in [2.24, 2.45) is 0 Å². The molecule has 0 unspecified atom stereocenters. The van der Waals surface area contributed by atoms with Crippen LogP contribution in [0.1, 0.15) is 11.3 Å². The SMILES string of the molecule is Cc1cc(Br)c(F)cc1NC(=O)Cc1csc(N)n1. The second kappa shape index (κ2) is 5.66. The number of aryl methyl sites for hydroxylation is 1. The highest BCUT2D eigenvalue weighted by atomic mass is 79.9. The summed E-state index contributed by atoms with van der Waals surface area (Å²) in [5.74, 6) is -0.672. The highest BCUT2D eigenvalue weighted by Gasteiger charge is 2.10. The number of rotatable bonds is 3. The molecule has 0 radical (unpaired) electrons. The zero-order valence-corrected chi connectivity index (χ0v) is 12.4. The van der Waals surface area contributed by atoms with E-state index in [1.165, 1.54) is 17.4 Å². The number of hydrogen-bond acceptors (Lipinski definition) is 4. The van der Waals surface area contributed by atoms with E-state index in [-0.39, 0.29) is 12.3 Å². The van der Waals surface area contributed by atoms with Crippen LogP contribution in [0.5, 0.6) is 0 Å². The zero-order valence-electron chi connectivity index (χ0n) is 10.0. The van der Waals surface area contributed by atoms with Crippen molar-refractivity contribution in [3.05, 3.63) is 39.1 Å². The van der Waals surface area contributed by atoms with Crippen molar-refractivity contribution in [1.29, 1.82) is 0 Å². The molecular formula is C12H11BrFN3OS. The lowest BCUT2D eigenvalue weighted by Gasteiger charge is -2.08. The van der Waals surface area contributed by atoms with E-state index in [0.29, 0.717) is 21.0 Å². The van der Waals surface area contributed by atoms with Crippen LogP contribution in [0, 0.1) is 12.7 Å². The van der Waals surface area contributed by atoms with Gasteiger partial charge in [-0.15, -0.1) is 11.3 Å². The Morgan fingerprint density at radius 1 is 1.58 bits per heavy atom. The Morgan fingerprint density at radius 3 is 2.95 bits per heavy atom. The second-order valence-corrected chi connectivity index (χ2v) is 5.73. The monoisotopic (exact) mass is 343 g/mol. The number of anilines is 2. The predicted molar refractivity (Wildman–Crippen MR) is 77.7 cm³/mol. The zero-order chi connectivity index (χ0) is 14.0. The number of carbonyl (C=O) groups is 1.